The zero-order valence-corrected chi connectivity index (χ0v) is 13.9. The maximum atomic E-state index is 12.7. The monoisotopic (exact) mass is 322 g/mol. The molecular weight excluding hydrogens is 300 g/mol. The normalized spacial score (nSPS) is 15.1. The van der Waals surface area contributed by atoms with E-state index >= 15 is 0 Å². The fraction of sp³-hybridized carbons (Fsp3) is 0.300. The summed E-state index contributed by atoms with van der Waals surface area (Å²) in [4.78, 5) is 25.8. The van der Waals surface area contributed by atoms with E-state index in [1.54, 1.807) is 24.3 Å². The van der Waals surface area contributed by atoms with Crippen molar-refractivity contribution in [3.8, 4) is 0 Å². The fourth-order valence-electron chi connectivity index (χ4n) is 3.26. The van der Waals surface area contributed by atoms with Crippen LogP contribution >= 0.6 is 0 Å². The molecule has 0 spiro atoms. The van der Waals surface area contributed by atoms with Crippen LogP contribution in [0.5, 0.6) is 0 Å². The second-order valence-electron chi connectivity index (χ2n) is 6.24. The van der Waals surface area contributed by atoms with Gasteiger partial charge in [-0.2, -0.15) is 0 Å². The van der Waals surface area contributed by atoms with E-state index in [0.29, 0.717) is 17.2 Å². The molecule has 0 unspecified atom stereocenters. The fourth-order valence-corrected chi connectivity index (χ4v) is 3.26. The van der Waals surface area contributed by atoms with E-state index in [0.717, 1.165) is 25.9 Å². The summed E-state index contributed by atoms with van der Waals surface area (Å²) in [6.45, 7) is 2.99. The Bertz CT molecular complexity index is 719. The van der Waals surface area contributed by atoms with Crippen molar-refractivity contribution in [2.45, 2.75) is 25.7 Å². The number of carbonyl (C=O) groups is 2. The zero-order valence-electron chi connectivity index (χ0n) is 13.9. The first-order valence-corrected chi connectivity index (χ1v) is 8.35. The number of nitrogens with one attached hydrogen (secondary N) is 1. The first kappa shape index (κ1) is 16.2. The van der Waals surface area contributed by atoms with Gasteiger partial charge in [-0.15, -0.1) is 0 Å². The summed E-state index contributed by atoms with van der Waals surface area (Å²) >= 11 is 0. The molecule has 2 aromatic carbocycles. The van der Waals surface area contributed by atoms with Crippen molar-refractivity contribution in [1.82, 2.24) is 4.90 Å². The highest BCUT2D eigenvalue weighted by Crippen LogP contribution is 2.28. The summed E-state index contributed by atoms with van der Waals surface area (Å²) in [7, 11) is 0. The molecule has 0 atom stereocenters. The Morgan fingerprint density at radius 2 is 1.71 bits per heavy atom. The Balaban J connectivity index is 1.64. The van der Waals surface area contributed by atoms with Gasteiger partial charge < -0.3 is 10.2 Å². The maximum absolute atomic E-state index is 12.7. The van der Waals surface area contributed by atoms with Crippen LogP contribution in [0, 0.1) is 0 Å². The molecular formula is C20H22N2O2. The van der Waals surface area contributed by atoms with Crippen LogP contribution < -0.4 is 5.32 Å². The van der Waals surface area contributed by atoms with E-state index in [-0.39, 0.29) is 11.8 Å². The third kappa shape index (κ3) is 3.82. The molecule has 0 saturated carbocycles. The largest absolute Gasteiger partial charge is 0.339 e. The van der Waals surface area contributed by atoms with Crippen LogP contribution in [0.1, 0.15) is 41.6 Å². The van der Waals surface area contributed by atoms with Crippen molar-refractivity contribution in [1.29, 1.82) is 0 Å². The number of anilines is 1. The van der Waals surface area contributed by atoms with Crippen molar-refractivity contribution >= 4 is 17.5 Å². The zero-order chi connectivity index (χ0) is 16.9. The molecule has 1 aliphatic heterocycles. The van der Waals surface area contributed by atoms with Gasteiger partial charge in [-0.3, -0.25) is 9.59 Å². The first-order valence-electron chi connectivity index (χ1n) is 8.35. The summed E-state index contributed by atoms with van der Waals surface area (Å²) in [5, 5.41) is 2.72. The molecule has 2 amide bonds. The summed E-state index contributed by atoms with van der Waals surface area (Å²) in [6.07, 6.45) is 1.97. The molecule has 1 N–H and O–H groups in total. The Morgan fingerprint density at radius 1 is 1.00 bits per heavy atom. The number of carbonyl (C=O) groups excluding carboxylic acids is 2. The van der Waals surface area contributed by atoms with Crippen LogP contribution in [0.2, 0.25) is 0 Å². The quantitative estimate of drug-likeness (QED) is 0.937. The van der Waals surface area contributed by atoms with Gasteiger partial charge in [0, 0.05) is 31.3 Å². The molecule has 0 aromatic heterocycles. The predicted molar refractivity (Wildman–Crippen MR) is 95.1 cm³/mol. The molecule has 1 aliphatic rings. The van der Waals surface area contributed by atoms with Gasteiger partial charge >= 0.3 is 0 Å². The lowest BCUT2D eigenvalue weighted by atomic mass is 9.89. The number of likely N-dealkylation sites (tertiary alicyclic amines) is 1. The van der Waals surface area contributed by atoms with Crippen molar-refractivity contribution in [3.05, 3.63) is 65.7 Å². The van der Waals surface area contributed by atoms with Crippen LogP contribution in [0.15, 0.2) is 54.6 Å². The molecule has 2 aromatic rings. The van der Waals surface area contributed by atoms with Crippen molar-refractivity contribution in [2.24, 2.45) is 0 Å². The average Bonchev–Trinajstić information content (AvgIpc) is 2.62. The van der Waals surface area contributed by atoms with Gasteiger partial charge in [0.25, 0.3) is 5.91 Å². The molecule has 24 heavy (non-hydrogen) atoms. The summed E-state index contributed by atoms with van der Waals surface area (Å²) in [6, 6.07) is 17.6. The third-order valence-corrected chi connectivity index (χ3v) is 4.48. The van der Waals surface area contributed by atoms with Crippen LogP contribution in [0.4, 0.5) is 5.69 Å². The van der Waals surface area contributed by atoms with E-state index in [1.165, 1.54) is 12.5 Å². The van der Waals surface area contributed by atoms with Gasteiger partial charge in [-0.05, 0) is 42.5 Å². The number of hydrogen-bond acceptors (Lipinski definition) is 2. The molecule has 1 heterocycles. The Labute approximate surface area is 142 Å². The highest BCUT2D eigenvalue weighted by molar-refractivity contribution is 5.96. The van der Waals surface area contributed by atoms with E-state index < -0.39 is 0 Å². The van der Waals surface area contributed by atoms with E-state index in [9.17, 15) is 9.59 Å². The maximum Gasteiger partial charge on any atom is 0.253 e. The van der Waals surface area contributed by atoms with Crippen molar-refractivity contribution < 1.29 is 9.59 Å². The second kappa shape index (κ2) is 7.30. The molecule has 4 heteroatoms. The van der Waals surface area contributed by atoms with Crippen molar-refractivity contribution in [2.75, 3.05) is 18.4 Å². The number of benzene rings is 2. The summed E-state index contributed by atoms with van der Waals surface area (Å²) in [5.41, 5.74) is 2.64. The molecule has 0 radical (unpaired) electrons. The standard InChI is InChI=1S/C20H22N2O2/c1-15(23)21-19-9-5-8-18(14-19)20(24)22-12-10-17(11-13-22)16-6-3-2-4-7-16/h2-9,14,17H,10-13H2,1H3,(H,21,23). The van der Waals surface area contributed by atoms with Crippen LogP contribution in [-0.2, 0) is 4.79 Å². The lowest BCUT2D eigenvalue weighted by Crippen LogP contribution is -2.37. The van der Waals surface area contributed by atoms with Gasteiger partial charge in [0.1, 0.15) is 0 Å². The first-order chi connectivity index (χ1) is 11.6. The minimum absolute atomic E-state index is 0.0358. The van der Waals surface area contributed by atoms with E-state index in [4.69, 9.17) is 0 Å². The van der Waals surface area contributed by atoms with Gasteiger partial charge in [0.15, 0.2) is 0 Å². The minimum Gasteiger partial charge on any atom is -0.339 e. The van der Waals surface area contributed by atoms with Gasteiger partial charge in [0.05, 0.1) is 0 Å². The minimum atomic E-state index is -0.136. The summed E-state index contributed by atoms with van der Waals surface area (Å²) < 4.78 is 0. The van der Waals surface area contributed by atoms with Gasteiger partial charge in [-0.1, -0.05) is 36.4 Å². The lowest BCUT2D eigenvalue weighted by molar-refractivity contribution is -0.114. The highest BCUT2D eigenvalue weighted by Gasteiger charge is 2.24. The van der Waals surface area contributed by atoms with E-state index in [2.05, 4.69) is 29.6 Å². The Kier molecular flexibility index (Phi) is 4.94. The van der Waals surface area contributed by atoms with Crippen molar-refractivity contribution in [3.63, 3.8) is 0 Å². The molecule has 3 rings (SSSR count). The van der Waals surface area contributed by atoms with Gasteiger partial charge in [0.2, 0.25) is 5.91 Å². The number of nitrogens with zero attached hydrogens (tertiary/aromatic N) is 1. The molecule has 0 aliphatic carbocycles. The summed E-state index contributed by atoms with van der Waals surface area (Å²) in [5.74, 6) is 0.429. The number of amides is 2. The molecule has 1 saturated heterocycles. The van der Waals surface area contributed by atoms with Gasteiger partial charge in [-0.25, -0.2) is 0 Å². The molecule has 0 bridgehead atoms. The number of piperidine rings is 1. The molecule has 4 nitrogen and oxygen atoms in total. The number of hydrogen-bond donors (Lipinski definition) is 1. The van der Waals surface area contributed by atoms with Crippen LogP contribution in [0.3, 0.4) is 0 Å². The smallest absolute Gasteiger partial charge is 0.253 e. The van der Waals surface area contributed by atoms with Crippen LogP contribution in [-0.4, -0.2) is 29.8 Å². The second-order valence-corrected chi connectivity index (χ2v) is 6.24. The molecule has 1 fully saturated rings. The topological polar surface area (TPSA) is 49.4 Å². The SMILES string of the molecule is CC(=O)Nc1cccc(C(=O)N2CCC(c3ccccc3)CC2)c1. The van der Waals surface area contributed by atoms with Crippen LogP contribution in [0.25, 0.3) is 0 Å². The highest BCUT2D eigenvalue weighted by atomic mass is 16.2. The Hall–Kier alpha value is -2.62. The number of rotatable bonds is 3. The Morgan fingerprint density at radius 3 is 2.38 bits per heavy atom. The lowest BCUT2D eigenvalue weighted by Gasteiger charge is -2.32. The predicted octanol–water partition coefficient (Wildman–Crippen LogP) is 3.66. The van der Waals surface area contributed by atoms with E-state index in [1.807, 2.05) is 11.0 Å². The third-order valence-electron chi connectivity index (χ3n) is 4.48. The molecule has 124 valence electrons. The average molecular weight is 322 g/mol.